The molecule has 0 bridgehead atoms. The number of nitrogens with one attached hydrogen (secondary N) is 1. The highest BCUT2D eigenvalue weighted by Crippen LogP contribution is 2.33. The Morgan fingerprint density at radius 2 is 1.80 bits per heavy atom. The van der Waals surface area contributed by atoms with E-state index in [-0.39, 0.29) is 10.8 Å². The third-order valence-corrected chi connectivity index (χ3v) is 4.93. The lowest BCUT2D eigenvalue weighted by Gasteiger charge is -2.02. The van der Waals surface area contributed by atoms with Crippen molar-refractivity contribution in [1.29, 1.82) is 0 Å². The highest BCUT2D eigenvalue weighted by molar-refractivity contribution is 7.14. The van der Waals surface area contributed by atoms with Crippen LogP contribution in [0, 0.1) is 0 Å². The van der Waals surface area contributed by atoms with Gasteiger partial charge in [0.1, 0.15) is 5.75 Å². The molecule has 0 aliphatic rings. The summed E-state index contributed by atoms with van der Waals surface area (Å²) in [5.74, 6) is -0.0932. The summed E-state index contributed by atoms with van der Waals surface area (Å²) in [6.07, 6.45) is 1.41. The largest absolute Gasteiger partial charge is 0.506 e. The Morgan fingerprint density at radius 1 is 1.04 bits per heavy atom. The van der Waals surface area contributed by atoms with E-state index in [1.54, 1.807) is 24.3 Å². The molecule has 0 aliphatic heterocycles. The van der Waals surface area contributed by atoms with Gasteiger partial charge in [-0.2, -0.15) is 5.10 Å². The van der Waals surface area contributed by atoms with Crippen molar-refractivity contribution >= 4 is 69.1 Å². The van der Waals surface area contributed by atoms with Gasteiger partial charge in [0.25, 0.3) is 0 Å². The fourth-order valence-electron chi connectivity index (χ4n) is 1.99. The van der Waals surface area contributed by atoms with Crippen molar-refractivity contribution in [3.63, 3.8) is 0 Å². The van der Waals surface area contributed by atoms with E-state index in [9.17, 15) is 5.11 Å². The average Bonchev–Trinajstić information content (AvgIpc) is 3.00. The van der Waals surface area contributed by atoms with Crippen LogP contribution in [0.4, 0.5) is 5.13 Å². The molecule has 0 saturated heterocycles. The van der Waals surface area contributed by atoms with E-state index in [1.807, 2.05) is 5.38 Å². The number of aromatic hydroxyl groups is 1. The van der Waals surface area contributed by atoms with Crippen molar-refractivity contribution in [2.75, 3.05) is 5.43 Å². The van der Waals surface area contributed by atoms with Crippen molar-refractivity contribution in [1.82, 2.24) is 4.98 Å². The van der Waals surface area contributed by atoms with E-state index in [2.05, 4.69) is 15.5 Å². The van der Waals surface area contributed by atoms with E-state index in [1.165, 1.54) is 23.6 Å². The standard InChI is InChI=1S/C16H9Cl4N3OS/c17-9-1-2-11(12(19)4-9)14-7-25-16(22-14)23-21-6-8-3-10(18)5-13(20)15(8)24/h1-7,24H,(H,22,23). The highest BCUT2D eigenvalue weighted by Gasteiger charge is 2.09. The van der Waals surface area contributed by atoms with Gasteiger partial charge in [-0.3, -0.25) is 5.43 Å². The van der Waals surface area contributed by atoms with Crippen molar-refractivity contribution in [3.8, 4) is 17.0 Å². The zero-order valence-electron chi connectivity index (χ0n) is 12.3. The molecular formula is C16H9Cl4N3OS. The molecule has 2 aromatic carbocycles. The summed E-state index contributed by atoms with van der Waals surface area (Å²) >= 11 is 25.2. The number of thiazole rings is 1. The quantitative estimate of drug-likeness (QED) is 0.361. The summed E-state index contributed by atoms with van der Waals surface area (Å²) in [7, 11) is 0. The molecule has 4 nitrogen and oxygen atoms in total. The minimum atomic E-state index is -0.0932. The first-order chi connectivity index (χ1) is 11.9. The Morgan fingerprint density at radius 3 is 2.56 bits per heavy atom. The topological polar surface area (TPSA) is 57.5 Å². The van der Waals surface area contributed by atoms with Crippen molar-refractivity contribution in [2.45, 2.75) is 0 Å². The lowest BCUT2D eigenvalue weighted by molar-refractivity contribution is 0.475. The monoisotopic (exact) mass is 431 g/mol. The summed E-state index contributed by atoms with van der Waals surface area (Å²) in [6, 6.07) is 8.22. The Labute approximate surface area is 167 Å². The van der Waals surface area contributed by atoms with Gasteiger partial charge in [0.2, 0.25) is 5.13 Å². The van der Waals surface area contributed by atoms with Gasteiger partial charge in [-0.1, -0.05) is 46.4 Å². The first kappa shape index (κ1) is 18.3. The minimum Gasteiger partial charge on any atom is -0.506 e. The molecule has 0 aliphatic carbocycles. The molecule has 0 amide bonds. The van der Waals surface area contributed by atoms with Crippen LogP contribution in [0.2, 0.25) is 20.1 Å². The SMILES string of the molecule is Oc1c(Cl)cc(Cl)cc1C=NNc1nc(-c2ccc(Cl)cc2Cl)cs1. The molecule has 0 radical (unpaired) electrons. The second kappa shape index (κ2) is 7.81. The van der Waals surface area contributed by atoms with Crippen LogP contribution in [0.25, 0.3) is 11.3 Å². The smallest absolute Gasteiger partial charge is 0.203 e. The lowest BCUT2D eigenvalue weighted by Crippen LogP contribution is -1.91. The number of phenols is 1. The number of rotatable bonds is 4. The van der Waals surface area contributed by atoms with E-state index < -0.39 is 0 Å². The second-order valence-electron chi connectivity index (χ2n) is 4.86. The zero-order valence-corrected chi connectivity index (χ0v) is 16.1. The maximum Gasteiger partial charge on any atom is 0.203 e. The number of phenolic OH excluding ortho intramolecular Hbond substituents is 1. The molecular weight excluding hydrogens is 424 g/mol. The van der Waals surface area contributed by atoms with Crippen molar-refractivity contribution in [3.05, 3.63) is 61.4 Å². The average molecular weight is 433 g/mol. The molecule has 3 rings (SSSR count). The highest BCUT2D eigenvalue weighted by atomic mass is 35.5. The molecule has 1 heterocycles. The van der Waals surface area contributed by atoms with Crippen LogP contribution >= 0.6 is 57.7 Å². The maximum absolute atomic E-state index is 9.88. The predicted octanol–water partition coefficient (Wildman–Crippen LogP) is 6.58. The second-order valence-corrected chi connectivity index (χ2v) is 7.40. The molecule has 0 spiro atoms. The number of benzene rings is 2. The molecule has 0 saturated carbocycles. The van der Waals surface area contributed by atoms with Gasteiger partial charge >= 0.3 is 0 Å². The number of halogens is 4. The summed E-state index contributed by atoms with van der Waals surface area (Å²) in [6.45, 7) is 0. The molecule has 1 aromatic heterocycles. The molecule has 0 atom stereocenters. The fourth-order valence-corrected chi connectivity index (χ4v) is 3.66. The Kier molecular flexibility index (Phi) is 5.71. The van der Waals surface area contributed by atoms with Gasteiger partial charge in [-0.25, -0.2) is 4.98 Å². The number of hydrogen-bond acceptors (Lipinski definition) is 5. The maximum atomic E-state index is 9.88. The van der Waals surface area contributed by atoms with Crippen LogP contribution in [0.1, 0.15) is 5.56 Å². The molecule has 3 aromatic rings. The summed E-state index contributed by atoms with van der Waals surface area (Å²) in [5, 5.41) is 18.0. The Balaban J connectivity index is 1.76. The van der Waals surface area contributed by atoms with Gasteiger partial charge in [0.15, 0.2) is 0 Å². The van der Waals surface area contributed by atoms with Gasteiger partial charge < -0.3 is 5.11 Å². The number of nitrogens with zero attached hydrogens (tertiary/aromatic N) is 2. The van der Waals surface area contributed by atoms with Crippen LogP contribution in [-0.2, 0) is 0 Å². The fraction of sp³-hybridized carbons (Fsp3) is 0. The van der Waals surface area contributed by atoms with Gasteiger partial charge in [0, 0.05) is 26.6 Å². The molecule has 25 heavy (non-hydrogen) atoms. The van der Waals surface area contributed by atoms with Crippen molar-refractivity contribution in [2.24, 2.45) is 5.10 Å². The van der Waals surface area contributed by atoms with Gasteiger partial charge in [-0.15, -0.1) is 11.3 Å². The number of hydrogen-bond donors (Lipinski definition) is 2. The van der Waals surface area contributed by atoms with Crippen molar-refractivity contribution < 1.29 is 5.11 Å². The van der Waals surface area contributed by atoms with Crippen LogP contribution in [-0.4, -0.2) is 16.3 Å². The van der Waals surface area contributed by atoms with E-state index in [4.69, 9.17) is 46.4 Å². The van der Waals surface area contributed by atoms with Crippen LogP contribution < -0.4 is 5.43 Å². The molecule has 128 valence electrons. The Hall–Kier alpha value is -1.50. The van der Waals surface area contributed by atoms with Gasteiger partial charge in [0.05, 0.1) is 22.0 Å². The minimum absolute atomic E-state index is 0.0932. The van der Waals surface area contributed by atoms with Crippen LogP contribution in [0.5, 0.6) is 5.75 Å². The van der Waals surface area contributed by atoms with Gasteiger partial charge in [-0.05, 0) is 30.3 Å². The van der Waals surface area contributed by atoms with Crippen LogP contribution in [0.15, 0.2) is 40.8 Å². The number of anilines is 1. The zero-order chi connectivity index (χ0) is 18.0. The summed E-state index contributed by atoms with van der Waals surface area (Å²) < 4.78 is 0. The van der Waals surface area contributed by atoms with E-state index in [0.717, 1.165) is 5.56 Å². The first-order valence-corrected chi connectivity index (χ1v) is 9.21. The molecule has 0 fully saturated rings. The number of aromatic nitrogens is 1. The summed E-state index contributed by atoms with van der Waals surface area (Å²) in [4.78, 5) is 4.41. The molecule has 9 heteroatoms. The van der Waals surface area contributed by atoms with Crippen LogP contribution in [0.3, 0.4) is 0 Å². The Bertz CT molecular complexity index is 959. The third kappa shape index (κ3) is 4.37. The predicted molar refractivity (Wildman–Crippen MR) is 107 cm³/mol. The first-order valence-electron chi connectivity index (χ1n) is 6.82. The van der Waals surface area contributed by atoms with E-state index >= 15 is 0 Å². The summed E-state index contributed by atoms with van der Waals surface area (Å²) in [5.41, 5.74) is 4.66. The number of hydrazone groups is 1. The molecule has 2 N–H and O–H groups in total. The molecule has 0 unspecified atom stereocenters. The third-order valence-electron chi connectivity index (χ3n) is 3.13. The normalized spacial score (nSPS) is 11.2. The lowest BCUT2D eigenvalue weighted by atomic mass is 10.2. The van der Waals surface area contributed by atoms with E-state index in [0.29, 0.717) is 31.5 Å².